The summed E-state index contributed by atoms with van der Waals surface area (Å²) in [5.41, 5.74) is -0.183. The molecule has 0 unspecified atom stereocenters. The second-order valence-electron chi connectivity index (χ2n) is 5.25. The topological polar surface area (TPSA) is 24.9 Å². The molecule has 1 saturated carbocycles. The van der Waals surface area contributed by atoms with Crippen molar-refractivity contribution >= 4 is 5.69 Å². The fourth-order valence-electron chi connectivity index (χ4n) is 2.21. The van der Waals surface area contributed by atoms with Gasteiger partial charge in [-0.25, -0.2) is 4.98 Å². The fraction of sp³-hybridized carbons (Fsp3) is 0.615. The first-order valence-electron chi connectivity index (χ1n) is 6.16. The van der Waals surface area contributed by atoms with E-state index in [4.69, 9.17) is 0 Å². The van der Waals surface area contributed by atoms with Crippen molar-refractivity contribution in [3.63, 3.8) is 0 Å². The van der Waals surface area contributed by atoms with E-state index in [2.05, 4.69) is 24.1 Å². The van der Waals surface area contributed by atoms with E-state index >= 15 is 0 Å². The number of rotatable bonds is 3. The van der Waals surface area contributed by atoms with Crippen LogP contribution >= 0.6 is 0 Å². The van der Waals surface area contributed by atoms with Gasteiger partial charge in [-0.3, -0.25) is 0 Å². The molecular formula is C13H17F3N2. The first kappa shape index (κ1) is 13.2. The molecule has 0 bridgehead atoms. The Morgan fingerprint density at radius 2 is 1.94 bits per heavy atom. The molecule has 1 aliphatic rings. The largest absolute Gasteiger partial charge is 0.433 e. The highest BCUT2D eigenvalue weighted by atomic mass is 19.4. The summed E-state index contributed by atoms with van der Waals surface area (Å²) in [6.45, 7) is 4.39. The van der Waals surface area contributed by atoms with Crippen molar-refractivity contribution in [3.05, 3.63) is 24.0 Å². The van der Waals surface area contributed by atoms with E-state index in [1.807, 2.05) is 0 Å². The van der Waals surface area contributed by atoms with Gasteiger partial charge in [-0.15, -0.1) is 0 Å². The molecule has 0 atom stereocenters. The van der Waals surface area contributed by atoms with Crippen molar-refractivity contribution in [1.82, 2.24) is 4.98 Å². The van der Waals surface area contributed by atoms with Crippen molar-refractivity contribution in [2.45, 2.75) is 38.9 Å². The molecule has 1 fully saturated rings. The van der Waals surface area contributed by atoms with Crippen LogP contribution in [0.5, 0.6) is 0 Å². The Morgan fingerprint density at radius 3 is 2.39 bits per heavy atom. The molecular weight excluding hydrogens is 241 g/mol. The minimum atomic E-state index is -4.36. The molecule has 0 saturated heterocycles. The van der Waals surface area contributed by atoms with Gasteiger partial charge in [0, 0.05) is 6.04 Å². The number of pyridine rings is 1. The van der Waals surface area contributed by atoms with Crippen LogP contribution in [0.25, 0.3) is 0 Å². The lowest BCUT2D eigenvalue weighted by Crippen LogP contribution is -2.37. The van der Waals surface area contributed by atoms with Crippen LogP contribution in [0.4, 0.5) is 18.9 Å². The van der Waals surface area contributed by atoms with E-state index in [0.29, 0.717) is 17.6 Å². The van der Waals surface area contributed by atoms with E-state index < -0.39 is 11.9 Å². The average molecular weight is 258 g/mol. The predicted octanol–water partition coefficient (Wildman–Crippen LogP) is 3.95. The van der Waals surface area contributed by atoms with Gasteiger partial charge in [-0.05, 0) is 36.8 Å². The molecule has 1 heterocycles. The minimum absolute atomic E-state index is 0.371. The molecule has 0 amide bonds. The molecule has 1 aromatic rings. The number of hydrogen-bond donors (Lipinski definition) is 1. The van der Waals surface area contributed by atoms with Crippen LogP contribution in [0, 0.1) is 11.8 Å². The highest BCUT2D eigenvalue weighted by Crippen LogP contribution is 2.35. The maximum atomic E-state index is 12.3. The molecule has 100 valence electrons. The molecule has 0 aliphatic heterocycles. The highest BCUT2D eigenvalue weighted by molar-refractivity contribution is 5.42. The van der Waals surface area contributed by atoms with E-state index in [9.17, 15) is 13.2 Å². The summed E-state index contributed by atoms with van der Waals surface area (Å²) in [4.78, 5) is 3.43. The number of halogens is 3. The molecule has 0 radical (unpaired) electrons. The SMILES string of the molecule is CC(C)C1CC(Nc2ccc(C(F)(F)F)nc2)C1. The second-order valence-corrected chi connectivity index (χ2v) is 5.25. The summed E-state index contributed by atoms with van der Waals surface area (Å²) >= 11 is 0. The third kappa shape index (κ3) is 2.94. The maximum Gasteiger partial charge on any atom is 0.433 e. The van der Waals surface area contributed by atoms with Gasteiger partial charge in [0.1, 0.15) is 5.69 Å². The first-order valence-corrected chi connectivity index (χ1v) is 6.16. The van der Waals surface area contributed by atoms with Crippen molar-refractivity contribution in [2.75, 3.05) is 5.32 Å². The molecule has 2 rings (SSSR count). The second kappa shape index (κ2) is 4.78. The number of nitrogens with zero attached hydrogens (tertiary/aromatic N) is 1. The summed E-state index contributed by atoms with van der Waals surface area (Å²) in [5.74, 6) is 1.40. The van der Waals surface area contributed by atoms with Crippen molar-refractivity contribution in [2.24, 2.45) is 11.8 Å². The van der Waals surface area contributed by atoms with Gasteiger partial charge in [0.2, 0.25) is 0 Å². The Morgan fingerprint density at radius 1 is 1.28 bits per heavy atom. The molecule has 1 aliphatic carbocycles. The number of nitrogens with one attached hydrogen (secondary N) is 1. The monoisotopic (exact) mass is 258 g/mol. The Labute approximate surface area is 105 Å². The zero-order chi connectivity index (χ0) is 13.3. The van der Waals surface area contributed by atoms with E-state index in [-0.39, 0.29) is 0 Å². The quantitative estimate of drug-likeness (QED) is 0.888. The summed E-state index contributed by atoms with van der Waals surface area (Å²) in [6, 6.07) is 2.83. The third-order valence-corrected chi connectivity index (χ3v) is 3.54. The van der Waals surface area contributed by atoms with Gasteiger partial charge in [0.25, 0.3) is 0 Å². The van der Waals surface area contributed by atoms with E-state index in [1.165, 1.54) is 12.3 Å². The Balaban J connectivity index is 1.89. The van der Waals surface area contributed by atoms with Crippen LogP contribution in [0.2, 0.25) is 0 Å². The average Bonchev–Trinajstić information content (AvgIpc) is 2.21. The molecule has 5 heteroatoms. The van der Waals surface area contributed by atoms with Gasteiger partial charge in [-0.1, -0.05) is 13.8 Å². The van der Waals surface area contributed by atoms with E-state index in [0.717, 1.165) is 24.8 Å². The van der Waals surface area contributed by atoms with E-state index in [1.54, 1.807) is 0 Å². The summed E-state index contributed by atoms with van der Waals surface area (Å²) < 4.78 is 36.9. The Hall–Kier alpha value is -1.26. The van der Waals surface area contributed by atoms with Gasteiger partial charge < -0.3 is 5.32 Å². The summed E-state index contributed by atoms with van der Waals surface area (Å²) in [5, 5.41) is 3.21. The smallest absolute Gasteiger partial charge is 0.381 e. The van der Waals surface area contributed by atoms with Gasteiger partial charge >= 0.3 is 6.18 Å². The van der Waals surface area contributed by atoms with Gasteiger partial charge in [0.05, 0.1) is 11.9 Å². The lowest BCUT2D eigenvalue weighted by Gasteiger charge is -2.39. The standard InChI is InChI=1S/C13H17F3N2/c1-8(2)9-5-11(6-9)18-10-3-4-12(17-7-10)13(14,15)16/h3-4,7-9,11,18H,5-6H2,1-2H3. The zero-order valence-corrected chi connectivity index (χ0v) is 10.5. The number of hydrogen-bond acceptors (Lipinski definition) is 2. The van der Waals surface area contributed by atoms with Gasteiger partial charge in [0.15, 0.2) is 0 Å². The minimum Gasteiger partial charge on any atom is -0.381 e. The number of alkyl halides is 3. The Kier molecular flexibility index (Phi) is 3.50. The zero-order valence-electron chi connectivity index (χ0n) is 10.5. The molecule has 1 N–H and O–H groups in total. The lowest BCUT2D eigenvalue weighted by molar-refractivity contribution is -0.141. The fourth-order valence-corrected chi connectivity index (χ4v) is 2.21. The molecule has 0 spiro atoms. The number of anilines is 1. The van der Waals surface area contributed by atoms with Crippen LogP contribution in [-0.4, -0.2) is 11.0 Å². The normalized spacial score (nSPS) is 23.9. The first-order chi connectivity index (χ1) is 8.36. The lowest BCUT2D eigenvalue weighted by atomic mass is 9.73. The van der Waals surface area contributed by atoms with Crippen LogP contribution in [0.3, 0.4) is 0 Å². The Bertz CT molecular complexity index is 392. The highest BCUT2D eigenvalue weighted by Gasteiger charge is 2.33. The van der Waals surface area contributed by atoms with Crippen LogP contribution in [-0.2, 0) is 6.18 Å². The van der Waals surface area contributed by atoms with Crippen LogP contribution < -0.4 is 5.32 Å². The summed E-state index contributed by atoms with van der Waals surface area (Å²) in [7, 11) is 0. The summed E-state index contributed by atoms with van der Waals surface area (Å²) in [6.07, 6.45) is -0.944. The molecule has 0 aromatic carbocycles. The third-order valence-electron chi connectivity index (χ3n) is 3.54. The van der Waals surface area contributed by atoms with Crippen molar-refractivity contribution < 1.29 is 13.2 Å². The van der Waals surface area contributed by atoms with Crippen LogP contribution in [0.1, 0.15) is 32.4 Å². The van der Waals surface area contributed by atoms with Crippen molar-refractivity contribution in [1.29, 1.82) is 0 Å². The predicted molar refractivity (Wildman–Crippen MR) is 64.2 cm³/mol. The molecule has 18 heavy (non-hydrogen) atoms. The van der Waals surface area contributed by atoms with Crippen molar-refractivity contribution in [3.8, 4) is 0 Å². The number of aromatic nitrogens is 1. The molecule has 2 nitrogen and oxygen atoms in total. The van der Waals surface area contributed by atoms with Gasteiger partial charge in [-0.2, -0.15) is 13.2 Å². The maximum absolute atomic E-state index is 12.3. The molecule has 1 aromatic heterocycles. The van der Waals surface area contributed by atoms with Crippen LogP contribution in [0.15, 0.2) is 18.3 Å².